The number of benzene rings is 2. The van der Waals surface area contributed by atoms with Crippen molar-refractivity contribution in [2.45, 2.75) is 6.18 Å². The van der Waals surface area contributed by atoms with Gasteiger partial charge in [0.2, 0.25) is 0 Å². The molecule has 2 aromatic carbocycles. The van der Waals surface area contributed by atoms with E-state index in [4.69, 9.17) is 5.26 Å². The summed E-state index contributed by atoms with van der Waals surface area (Å²) in [4.78, 5) is 16.7. The van der Waals surface area contributed by atoms with E-state index in [1.807, 2.05) is 18.0 Å². The zero-order valence-corrected chi connectivity index (χ0v) is 15.3. The highest BCUT2D eigenvalue weighted by molar-refractivity contribution is 6.06. The molecule has 1 heterocycles. The van der Waals surface area contributed by atoms with E-state index in [1.54, 1.807) is 0 Å². The Hall–Kier alpha value is -3.05. The molecule has 0 saturated carbocycles. The molecule has 0 aliphatic carbocycles. The topological polar surface area (TPSA) is 59.4 Å². The lowest BCUT2D eigenvalue weighted by Crippen LogP contribution is -2.44. The van der Waals surface area contributed by atoms with Crippen LogP contribution in [0.25, 0.3) is 0 Å². The Kier molecular flexibility index (Phi) is 5.56. The molecule has 146 valence electrons. The van der Waals surface area contributed by atoms with Crippen LogP contribution in [0.3, 0.4) is 0 Å². The number of carbonyl (C=O) groups excluding carboxylic acids is 1. The monoisotopic (exact) mass is 388 g/mol. The summed E-state index contributed by atoms with van der Waals surface area (Å²) in [6.07, 6.45) is -4.51. The summed E-state index contributed by atoms with van der Waals surface area (Å²) in [6.45, 7) is 2.87. The van der Waals surface area contributed by atoms with Crippen molar-refractivity contribution in [2.75, 3.05) is 43.4 Å². The summed E-state index contributed by atoms with van der Waals surface area (Å²) in [5.74, 6) is -0.529. The van der Waals surface area contributed by atoms with Gasteiger partial charge in [0, 0.05) is 31.7 Å². The van der Waals surface area contributed by atoms with Crippen LogP contribution in [-0.4, -0.2) is 44.0 Å². The Morgan fingerprint density at radius 1 is 1.07 bits per heavy atom. The van der Waals surface area contributed by atoms with Crippen molar-refractivity contribution in [2.24, 2.45) is 0 Å². The predicted octanol–water partition coefficient (Wildman–Crippen LogP) is 3.58. The first-order chi connectivity index (χ1) is 13.3. The fraction of sp³-hybridized carbons (Fsp3) is 0.300. The molecule has 0 bridgehead atoms. The lowest BCUT2D eigenvalue weighted by atomic mass is 10.1. The molecule has 0 atom stereocenters. The van der Waals surface area contributed by atoms with Crippen molar-refractivity contribution >= 4 is 17.3 Å². The largest absolute Gasteiger partial charge is 0.416 e. The highest BCUT2D eigenvalue weighted by Crippen LogP contribution is 2.36. The number of nitriles is 1. The van der Waals surface area contributed by atoms with Gasteiger partial charge in [0.05, 0.1) is 28.6 Å². The van der Waals surface area contributed by atoms with Gasteiger partial charge in [-0.3, -0.25) is 4.79 Å². The minimum Gasteiger partial charge on any atom is -0.367 e. The number of amides is 1. The molecule has 1 aliphatic heterocycles. The van der Waals surface area contributed by atoms with Crippen molar-refractivity contribution in [3.8, 4) is 6.07 Å². The van der Waals surface area contributed by atoms with Crippen LogP contribution in [0.15, 0.2) is 42.5 Å². The molecule has 1 aliphatic rings. The van der Waals surface area contributed by atoms with Gasteiger partial charge in [-0.15, -0.1) is 0 Å². The summed E-state index contributed by atoms with van der Waals surface area (Å²) in [7, 11) is 1.98. The quantitative estimate of drug-likeness (QED) is 0.873. The molecule has 0 unspecified atom stereocenters. The average molecular weight is 388 g/mol. The number of hydrogen-bond acceptors (Lipinski definition) is 4. The molecule has 3 rings (SSSR count). The second kappa shape index (κ2) is 7.90. The number of carbonyl (C=O) groups is 1. The number of rotatable bonds is 3. The van der Waals surface area contributed by atoms with Crippen LogP contribution >= 0.6 is 0 Å². The SMILES string of the molecule is CN1CCN(c2ccc(C(F)(F)F)cc2NC(=O)c2ccc(C#N)cc2)CC1. The van der Waals surface area contributed by atoms with Gasteiger partial charge in [-0.05, 0) is 49.5 Å². The van der Waals surface area contributed by atoms with Crippen LogP contribution in [-0.2, 0) is 6.18 Å². The predicted molar refractivity (Wildman–Crippen MR) is 100 cm³/mol. The number of halogens is 3. The number of nitrogens with zero attached hydrogens (tertiary/aromatic N) is 3. The van der Waals surface area contributed by atoms with Crippen molar-refractivity contribution < 1.29 is 18.0 Å². The molecule has 0 radical (unpaired) electrons. The molecule has 1 N–H and O–H groups in total. The normalized spacial score (nSPS) is 15.2. The van der Waals surface area contributed by atoms with E-state index in [9.17, 15) is 18.0 Å². The van der Waals surface area contributed by atoms with E-state index in [2.05, 4.69) is 10.2 Å². The van der Waals surface area contributed by atoms with Gasteiger partial charge in [-0.25, -0.2) is 0 Å². The van der Waals surface area contributed by atoms with Gasteiger partial charge < -0.3 is 15.1 Å². The number of likely N-dealkylation sites (N-methyl/N-ethyl adjacent to an activating group) is 1. The van der Waals surface area contributed by atoms with E-state index < -0.39 is 17.6 Å². The Balaban J connectivity index is 1.91. The van der Waals surface area contributed by atoms with Crippen LogP contribution in [0.4, 0.5) is 24.5 Å². The Morgan fingerprint density at radius 2 is 1.71 bits per heavy atom. The van der Waals surface area contributed by atoms with Crippen molar-refractivity contribution in [1.82, 2.24) is 4.90 Å². The fourth-order valence-corrected chi connectivity index (χ4v) is 3.03. The molecule has 8 heteroatoms. The van der Waals surface area contributed by atoms with Gasteiger partial charge >= 0.3 is 6.18 Å². The van der Waals surface area contributed by atoms with Crippen molar-refractivity contribution in [1.29, 1.82) is 5.26 Å². The lowest BCUT2D eigenvalue weighted by Gasteiger charge is -2.35. The number of piperazine rings is 1. The average Bonchev–Trinajstić information content (AvgIpc) is 2.68. The molecule has 28 heavy (non-hydrogen) atoms. The van der Waals surface area contributed by atoms with Gasteiger partial charge in [0.1, 0.15) is 0 Å². The summed E-state index contributed by atoms with van der Waals surface area (Å²) in [5.41, 5.74) is 0.520. The Morgan fingerprint density at radius 3 is 2.29 bits per heavy atom. The molecule has 1 amide bonds. The third-order valence-electron chi connectivity index (χ3n) is 4.69. The van der Waals surface area contributed by atoms with Gasteiger partial charge in [0.15, 0.2) is 0 Å². The van der Waals surface area contributed by atoms with Crippen LogP contribution in [0.5, 0.6) is 0 Å². The van der Waals surface area contributed by atoms with Crippen LogP contribution in [0.2, 0.25) is 0 Å². The van der Waals surface area contributed by atoms with E-state index in [0.29, 0.717) is 24.3 Å². The maximum atomic E-state index is 13.2. The molecular weight excluding hydrogens is 369 g/mol. The van der Waals surface area contributed by atoms with E-state index in [-0.39, 0.29) is 11.3 Å². The number of hydrogen-bond donors (Lipinski definition) is 1. The van der Waals surface area contributed by atoms with Gasteiger partial charge in [-0.2, -0.15) is 18.4 Å². The molecule has 1 fully saturated rings. The first-order valence-electron chi connectivity index (χ1n) is 8.74. The standard InChI is InChI=1S/C20H19F3N4O/c1-26-8-10-27(11-9-26)18-7-6-16(20(21,22)23)12-17(18)25-19(28)15-4-2-14(13-24)3-5-15/h2-7,12H,8-11H2,1H3,(H,25,28). The van der Waals surface area contributed by atoms with Crippen LogP contribution < -0.4 is 10.2 Å². The molecule has 0 spiro atoms. The molecule has 1 saturated heterocycles. The Bertz CT molecular complexity index is 895. The van der Waals surface area contributed by atoms with Crippen molar-refractivity contribution in [3.63, 3.8) is 0 Å². The van der Waals surface area contributed by atoms with Gasteiger partial charge in [0.25, 0.3) is 5.91 Å². The second-order valence-electron chi connectivity index (χ2n) is 6.66. The summed E-state index contributed by atoms with van der Waals surface area (Å²) >= 11 is 0. The van der Waals surface area contributed by atoms with Crippen LogP contribution in [0.1, 0.15) is 21.5 Å². The van der Waals surface area contributed by atoms with Gasteiger partial charge in [-0.1, -0.05) is 0 Å². The summed E-state index contributed by atoms with van der Waals surface area (Å²) in [6, 6.07) is 11.3. The first-order valence-corrected chi connectivity index (χ1v) is 8.74. The highest BCUT2D eigenvalue weighted by atomic mass is 19.4. The first kappa shape index (κ1) is 19.7. The molecule has 5 nitrogen and oxygen atoms in total. The van der Waals surface area contributed by atoms with E-state index in [1.165, 1.54) is 30.3 Å². The highest BCUT2D eigenvalue weighted by Gasteiger charge is 2.32. The maximum absolute atomic E-state index is 13.2. The number of alkyl halides is 3. The molecule has 2 aromatic rings. The molecule has 0 aromatic heterocycles. The number of anilines is 2. The van der Waals surface area contributed by atoms with Crippen LogP contribution in [0, 0.1) is 11.3 Å². The second-order valence-corrected chi connectivity index (χ2v) is 6.66. The smallest absolute Gasteiger partial charge is 0.367 e. The minimum atomic E-state index is -4.51. The van der Waals surface area contributed by atoms with E-state index in [0.717, 1.165) is 25.2 Å². The maximum Gasteiger partial charge on any atom is 0.416 e. The molecular formula is C20H19F3N4O. The summed E-state index contributed by atoms with van der Waals surface area (Å²) < 4.78 is 39.5. The number of nitrogens with one attached hydrogen (secondary N) is 1. The summed E-state index contributed by atoms with van der Waals surface area (Å²) in [5, 5.41) is 11.5. The Labute approximate surface area is 161 Å². The zero-order chi connectivity index (χ0) is 20.3. The van der Waals surface area contributed by atoms with Crippen molar-refractivity contribution in [3.05, 3.63) is 59.2 Å². The third-order valence-corrected chi connectivity index (χ3v) is 4.69. The third kappa shape index (κ3) is 4.43. The fourth-order valence-electron chi connectivity index (χ4n) is 3.03. The van der Waals surface area contributed by atoms with E-state index >= 15 is 0 Å². The zero-order valence-electron chi connectivity index (χ0n) is 15.3. The minimum absolute atomic E-state index is 0.119. The lowest BCUT2D eigenvalue weighted by molar-refractivity contribution is -0.137.